The van der Waals surface area contributed by atoms with Crippen molar-refractivity contribution >= 4 is 44.1 Å². The lowest BCUT2D eigenvalue weighted by Gasteiger charge is -2.15. The molecule has 4 aromatic rings. The van der Waals surface area contributed by atoms with Crippen LogP contribution >= 0.6 is 11.3 Å². The molecule has 7 nitrogen and oxygen atoms in total. The number of hydrogen-bond acceptors (Lipinski definition) is 6. The van der Waals surface area contributed by atoms with E-state index in [1.54, 1.807) is 6.07 Å². The Morgan fingerprint density at radius 3 is 2.73 bits per heavy atom. The molecule has 172 valence electrons. The van der Waals surface area contributed by atoms with Crippen LogP contribution in [0.2, 0.25) is 0 Å². The number of rotatable bonds is 7. The maximum atomic E-state index is 15.7. The lowest BCUT2D eigenvalue weighted by atomic mass is 10.1. The molecule has 0 spiro atoms. The molecule has 4 rings (SSSR count). The van der Waals surface area contributed by atoms with E-state index in [9.17, 15) is 19.1 Å². The number of hydrogen-bond donors (Lipinski definition) is 2. The predicted molar refractivity (Wildman–Crippen MR) is 126 cm³/mol. The van der Waals surface area contributed by atoms with Crippen molar-refractivity contribution in [2.24, 2.45) is 0 Å². The molecule has 0 bridgehead atoms. The molecule has 2 aromatic carbocycles. The quantitative estimate of drug-likeness (QED) is 0.391. The van der Waals surface area contributed by atoms with Crippen molar-refractivity contribution in [3.05, 3.63) is 63.4 Å². The van der Waals surface area contributed by atoms with Gasteiger partial charge in [-0.05, 0) is 57.7 Å². The zero-order valence-corrected chi connectivity index (χ0v) is 19.1. The SMILES string of the molecule is Cc1ccc2nc(-n3cc(C(=O)O)c(=O)c4cc(F)c(NCCCN(C)C)c(F)c43)sc2c1. The number of anilines is 1. The number of nitrogens with zero attached hydrogens (tertiary/aromatic N) is 3. The van der Waals surface area contributed by atoms with Crippen molar-refractivity contribution in [3.8, 4) is 5.13 Å². The van der Waals surface area contributed by atoms with Gasteiger partial charge in [0, 0.05) is 12.7 Å². The van der Waals surface area contributed by atoms with Gasteiger partial charge in [0.2, 0.25) is 5.43 Å². The molecule has 0 amide bonds. The fourth-order valence-corrected chi connectivity index (χ4v) is 4.66. The third-order valence-corrected chi connectivity index (χ3v) is 6.25. The molecule has 0 aliphatic carbocycles. The van der Waals surface area contributed by atoms with Gasteiger partial charge in [0.25, 0.3) is 0 Å². The molecule has 0 radical (unpaired) electrons. The normalized spacial score (nSPS) is 11.6. The number of carboxylic acids is 1. The number of aryl methyl sites for hydroxylation is 1. The van der Waals surface area contributed by atoms with Gasteiger partial charge in [-0.2, -0.15) is 0 Å². The van der Waals surface area contributed by atoms with Crippen LogP contribution in [0.3, 0.4) is 0 Å². The summed E-state index contributed by atoms with van der Waals surface area (Å²) in [5.74, 6) is -3.42. The van der Waals surface area contributed by atoms with E-state index >= 15 is 4.39 Å². The van der Waals surface area contributed by atoms with E-state index in [4.69, 9.17) is 0 Å². The first-order valence-corrected chi connectivity index (χ1v) is 11.1. The summed E-state index contributed by atoms with van der Waals surface area (Å²) in [7, 11) is 3.80. The largest absolute Gasteiger partial charge is 0.477 e. The van der Waals surface area contributed by atoms with E-state index in [-0.39, 0.29) is 21.7 Å². The molecule has 0 fully saturated rings. The summed E-state index contributed by atoms with van der Waals surface area (Å²) < 4.78 is 32.5. The Labute approximate surface area is 191 Å². The minimum Gasteiger partial charge on any atom is -0.477 e. The first-order valence-electron chi connectivity index (χ1n) is 10.2. The third-order valence-electron chi connectivity index (χ3n) is 5.23. The van der Waals surface area contributed by atoms with Crippen molar-refractivity contribution in [2.45, 2.75) is 13.3 Å². The fraction of sp³-hybridized carbons (Fsp3) is 0.261. The van der Waals surface area contributed by atoms with E-state index in [0.717, 1.165) is 29.1 Å². The van der Waals surface area contributed by atoms with Crippen molar-refractivity contribution in [1.29, 1.82) is 0 Å². The average Bonchev–Trinajstić information content (AvgIpc) is 3.16. The summed E-state index contributed by atoms with van der Waals surface area (Å²) in [6.07, 6.45) is 1.69. The van der Waals surface area contributed by atoms with E-state index < -0.39 is 28.6 Å². The van der Waals surface area contributed by atoms with Gasteiger partial charge in [-0.1, -0.05) is 17.4 Å². The Bertz CT molecular complexity index is 1450. The molecule has 2 N–H and O–H groups in total. The van der Waals surface area contributed by atoms with Crippen LogP contribution in [0, 0.1) is 18.6 Å². The number of nitrogens with one attached hydrogen (secondary N) is 1. The van der Waals surface area contributed by atoms with Gasteiger partial charge >= 0.3 is 5.97 Å². The van der Waals surface area contributed by atoms with Crippen LogP contribution in [-0.4, -0.2) is 52.7 Å². The maximum absolute atomic E-state index is 15.7. The van der Waals surface area contributed by atoms with Gasteiger partial charge in [0.05, 0.1) is 21.1 Å². The number of benzene rings is 2. The van der Waals surface area contributed by atoms with Crippen LogP contribution in [-0.2, 0) is 0 Å². The number of carbonyl (C=O) groups is 1. The van der Waals surface area contributed by atoms with Crippen molar-refractivity contribution in [3.63, 3.8) is 0 Å². The highest BCUT2D eigenvalue weighted by Crippen LogP contribution is 2.32. The predicted octanol–water partition coefficient (Wildman–Crippen LogP) is 4.25. The highest BCUT2D eigenvalue weighted by atomic mass is 32.1. The van der Waals surface area contributed by atoms with Crippen LogP contribution in [0.25, 0.3) is 26.3 Å². The van der Waals surface area contributed by atoms with Crippen LogP contribution in [0.15, 0.2) is 35.3 Å². The molecule has 0 atom stereocenters. The highest BCUT2D eigenvalue weighted by molar-refractivity contribution is 7.20. The van der Waals surface area contributed by atoms with Gasteiger partial charge in [0.15, 0.2) is 10.9 Å². The Balaban J connectivity index is 1.95. The van der Waals surface area contributed by atoms with E-state index in [0.29, 0.717) is 18.5 Å². The topological polar surface area (TPSA) is 87.5 Å². The second-order valence-electron chi connectivity index (χ2n) is 8.04. The Morgan fingerprint density at radius 1 is 1.27 bits per heavy atom. The molecule has 10 heteroatoms. The Morgan fingerprint density at radius 2 is 2.03 bits per heavy atom. The van der Waals surface area contributed by atoms with E-state index in [1.807, 2.05) is 38.1 Å². The molecule has 0 saturated carbocycles. The molecular weight excluding hydrogens is 450 g/mol. The number of carboxylic acid groups (broad SMARTS) is 1. The van der Waals surface area contributed by atoms with Gasteiger partial charge < -0.3 is 15.3 Å². The molecule has 2 heterocycles. The average molecular weight is 473 g/mol. The molecule has 33 heavy (non-hydrogen) atoms. The smallest absolute Gasteiger partial charge is 0.341 e. The molecule has 0 unspecified atom stereocenters. The molecule has 0 aliphatic rings. The summed E-state index contributed by atoms with van der Waals surface area (Å²) in [5, 5.41) is 12.2. The molecule has 0 aliphatic heterocycles. The monoisotopic (exact) mass is 472 g/mol. The minimum absolute atomic E-state index is 0.225. The van der Waals surface area contributed by atoms with Gasteiger partial charge in [-0.3, -0.25) is 9.36 Å². The lowest BCUT2D eigenvalue weighted by Crippen LogP contribution is -2.20. The zero-order valence-electron chi connectivity index (χ0n) is 18.3. The van der Waals surface area contributed by atoms with Crippen LogP contribution in [0.5, 0.6) is 0 Å². The van der Waals surface area contributed by atoms with Crippen LogP contribution in [0.1, 0.15) is 22.3 Å². The van der Waals surface area contributed by atoms with Crippen molar-refractivity contribution in [1.82, 2.24) is 14.5 Å². The van der Waals surface area contributed by atoms with Crippen LogP contribution in [0.4, 0.5) is 14.5 Å². The second-order valence-corrected chi connectivity index (χ2v) is 9.05. The number of halogens is 2. The number of fused-ring (bicyclic) bond motifs is 2. The summed E-state index contributed by atoms with van der Waals surface area (Å²) >= 11 is 1.22. The second kappa shape index (κ2) is 8.87. The van der Waals surface area contributed by atoms with Crippen molar-refractivity contribution < 1.29 is 18.7 Å². The molecular formula is C23H22F2N4O3S. The van der Waals surface area contributed by atoms with Gasteiger partial charge in [-0.25, -0.2) is 18.6 Å². The summed E-state index contributed by atoms with van der Waals surface area (Å²) in [5.41, 5.74) is -0.488. The lowest BCUT2D eigenvalue weighted by molar-refractivity contribution is 0.0695. The number of aromatic carboxylic acids is 1. The summed E-state index contributed by atoms with van der Waals surface area (Å²) in [6, 6.07) is 6.48. The first kappa shape index (κ1) is 22.8. The minimum atomic E-state index is -1.49. The fourth-order valence-electron chi connectivity index (χ4n) is 3.61. The van der Waals surface area contributed by atoms with Crippen molar-refractivity contribution in [2.75, 3.05) is 32.5 Å². The number of aromatic nitrogens is 2. The van der Waals surface area contributed by atoms with Crippen LogP contribution < -0.4 is 10.7 Å². The number of thiazole rings is 1. The van der Waals surface area contributed by atoms with E-state index in [2.05, 4.69) is 10.3 Å². The first-order chi connectivity index (χ1) is 15.7. The van der Waals surface area contributed by atoms with Gasteiger partial charge in [-0.15, -0.1) is 0 Å². The van der Waals surface area contributed by atoms with E-state index in [1.165, 1.54) is 15.9 Å². The van der Waals surface area contributed by atoms with Gasteiger partial charge in [0.1, 0.15) is 17.1 Å². The summed E-state index contributed by atoms with van der Waals surface area (Å²) in [4.78, 5) is 30.9. The Kier molecular flexibility index (Phi) is 6.13. The zero-order chi connectivity index (χ0) is 23.9. The molecule has 2 aromatic heterocycles. The maximum Gasteiger partial charge on any atom is 0.341 e. The standard InChI is InChI=1S/C23H22F2N4O3S/c1-12-5-6-16-17(9-12)33-23(27-16)29-11-14(22(31)32)21(30)13-10-15(24)19(18(25)20(13)29)26-7-4-8-28(2)3/h5-6,9-11,26H,4,7-8H2,1-3H3,(H,31,32). The summed E-state index contributed by atoms with van der Waals surface area (Å²) in [6.45, 7) is 2.96. The third kappa shape index (κ3) is 4.31. The highest BCUT2D eigenvalue weighted by Gasteiger charge is 2.23. The molecule has 0 saturated heterocycles. The number of pyridine rings is 1. The Hall–Kier alpha value is -3.37.